The minimum absolute atomic E-state index is 0.222. The van der Waals surface area contributed by atoms with Crippen LogP contribution in [0.1, 0.15) is 21.5 Å². The molecule has 0 saturated heterocycles. The number of hydrogen-bond donors (Lipinski definition) is 1. The van der Waals surface area contributed by atoms with Gasteiger partial charge in [-0.25, -0.2) is 0 Å². The van der Waals surface area contributed by atoms with Gasteiger partial charge in [0.15, 0.2) is 0 Å². The first-order valence-corrected chi connectivity index (χ1v) is 8.14. The highest BCUT2D eigenvalue weighted by molar-refractivity contribution is 6.39. The fraction of sp³-hybridized carbons (Fsp3) is 0.0500. The van der Waals surface area contributed by atoms with E-state index < -0.39 is 0 Å². The second kappa shape index (κ2) is 7.08. The zero-order chi connectivity index (χ0) is 17.1. The van der Waals surface area contributed by atoms with Gasteiger partial charge in [-0.15, -0.1) is 0 Å². The van der Waals surface area contributed by atoms with E-state index in [4.69, 9.17) is 23.2 Å². The van der Waals surface area contributed by atoms with Crippen LogP contribution in [0.25, 0.3) is 11.1 Å². The topological polar surface area (TPSA) is 37.3 Å². The second-order valence-electron chi connectivity index (χ2n) is 5.48. The van der Waals surface area contributed by atoms with E-state index in [0.717, 1.165) is 16.7 Å². The van der Waals surface area contributed by atoms with Crippen molar-refractivity contribution in [1.29, 1.82) is 0 Å². The molecule has 0 saturated carbocycles. The molecule has 120 valence electrons. The highest BCUT2D eigenvalue weighted by Crippen LogP contribution is 2.37. The first kappa shape index (κ1) is 16.6. The van der Waals surface area contributed by atoms with Gasteiger partial charge in [0.2, 0.25) is 0 Å². The van der Waals surface area contributed by atoms with Gasteiger partial charge < -0.3 is 5.11 Å². The second-order valence-corrected chi connectivity index (χ2v) is 6.30. The Morgan fingerprint density at radius 1 is 0.917 bits per heavy atom. The normalized spacial score (nSPS) is 10.6. The number of aromatic hydroxyl groups is 1. The minimum atomic E-state index is 0.222. The van der Waals surface area contributed by atoms with Gasteiger partial charge in [-0.3, -0.25) is 4.79 Å². The molecule has 0 bridgehead atoms. The zero-order valence-electron chi connectivity index (χ0n) is 12.7. The van der Waals surface area contributed by atoms with E-state index in [1.54, 1.807) is 24.3 Å². The maximum Gasteiger partial charge on any atom is 0.150 e. The summed E-state index contributed by atoms with van der Waals surface area (Å²) in [4.78, 5) is 10.9. The maximum absolute atomic E-state index is 10.9. The lowest BCUT2D eigenvalue weighted by atomic mass is 9.97. The fourth-order valence-corrected chi connectivity index (χ4v) is 3.36. The Labute approximate surface area is 150 Å². The number of carbonyl (C=O) groups is 1. The molecule has 0 spiro atoms. The monoisotopic (exact) mass is 356 g/mol. The Kier molecular flexibility index (Phi) is 4.89. The molecule has 3 rings (SSSR count). The summed E-state index contributed by atoms with van der Waals surface area (Å²) in [6.07, 6.45) is 1.31. The molecular weight excluding hydrogens is 343 g/mol. The lowest BCUT2D eigenvalue weighted by molar-refractivity contribution is 0.112. The maximum atomic E-state index is 10.9. The Morgan fingerprint density at radius 2 is 1.58 bits per heavy atom. The molecule has 0 fully saturated rings. The molecule has 0 atom stereocenters. The summed E-state index contributed by atoms with van der Waals surface area (Å²) in [6, 6.07) is 18.3. The van der Waals surface area contributed by atoms with Crippen LogP contribution < -0.4 is 0 Å². The molecule has 1 N–H and O–H groups in total. The molecule has 4 heteroatoms. The number of rotatable bonds is 4. The predicted octanol–water partition coefficient (Wildman–Crippen LogP) is 5.77. The van der Waals surface area contributed by atoms with E-state index in [-0.39, 0.29) is 5.75 Å². The van der Waals surface area contributed by atoms with Crippen molar-refractivity contribution in [2.24, 2.45) is 0 Å². The predicted molar refractivity (Wildman–Crippen MR) is 98.2 cm³/mol. The molecule has 0 unspecified atom stereocenters. The van der Waals surface area contributed by atoms with Gasteiger partial charge in [-0.1, -0.05) is 59.6 Å². The molecule has 0 aliphatic carbocycles. The van der Waals surface area contributed by atoms with Gasteiger partial charge >= 0.3 is 0 Å². The van der Waals surface area contributed by atoms with E-state index in [2.05, 4.69) is 0 Å². The summed E-state index contributed by atoms with van der Waals surface area (Å²) >= 11 is 12.6. The van der Waals surface area contributed by atoms with Crippen molar-refractivity contribution in [2.45, 2.75) is 6.42 Å². The van der Waals surface area contributed by atoms with Crippen molar-refractivity contribution >= 4 is 29.5 Å². The highest BCUT2D eigenvalue weighted by atomic mass is 35.5. The van der Waals surface area contributed by atoms with E-state index in [1.165, 1.54) is 0 Å². The van der Waals surface area contributed by atoms with Crippen molar-refractivity contribution in [3.63, 3.8) is 0 Å². The Hall–Kier alpha value is -2.29. The lowest BCUT2D eigenvalue weighted by Gasteiger charge is -2.12. The molecule has 0 aliphatic heterocycles. The average molecular weight is 357 g/mol. The molecule has 0 amide bonds. The average Bonchev–Trinajstić information content (AvgIpc) is 2.58. The van der Waals surface area contributed by atoms with Crippen LogP contribution in [0.5, 0.6) is 5.75 Å². The first-order chi connectivity index (χ1) is 11.6. The Balaban J connectivity index is 2.04. The van der Waals surface area contributed by atoms with E-state index >= 15 is 0 Å². The first-order valence-electron chi connectivity index (χ1n) is 7.39. The summed E-state index contributed by atoms with van der Waals surface area (Å²) in [6.45, 7) is 0. The third kappa shape index (κ3) is 3.45. The summed E-state index contributed by atoms with van der Waals surface area (Å²) < 4.78 is 0. The van der Waals surface area contributed by atoms with Crippen LogP contribution in [-0.4, -0.2) is 11.4 Å². The lowest BCUT2D eigenvalue weighted by Crippen LogP contribution is -1.92. The number of halogens is 2. The van der Waals surface area contributed by atoms with Crippen molar-refractivity contribution in [3.05, 3.63) is 87.4 Å². The van der Waals surface area contributed by atoms with Crippen LogP contribution in [0.4, 0.5) is 0 Å². The molecule has 0 aliphatic rings. The molecule has 2 nitrogen and oxygen atoms in total. The molecule has 3 aromatic rings. The summed E-state index contributed by atoms with van der Waals surface area (Å²) in [5.74, 6) is 0.222. The van der Waals surface area contributed by atoms with Gasteiger partial charge in [0.05, 0.1) is 10.0 Å². The van der Waals surface area contributed by atoms with Gasteiger partial charge in [0, 0.05) is 17.5 Å². The smallest absolute Gasteiger partial charge is 0.150 e. The molecule has 0 aromatic heterocycles. The molecule has 24 heavy (non-hydrogen) atoms. The Bertz CT molecular complexity index is 866. The van der Waals surface area contributed by atoms with Gasteiger partial charge in [-0.05, 0) is 41.0 Å². The van der Waals surface area contributed by atoms with Gasteiger partial charge in [-0.2, -0.15) is 0 Å². The number of carbonyl (C=O) groups excluding carboxylic acids is 1. The van der Waals surface area contributed by atoms with E-state index in [0.29, 0.717) is 33.9 Å². The van der Waals surface area contributed by atoms with Gasteiger partial charge in [0.25, 0.3) is 0 Å². The zero-order valence-corrected chi connectivity index (χ0v) is 14.2. The van der Waals surface area contributed by atoms with Crippen molar-refractivity contribution < 1.29 is 9.90 Å². The van der Waals surface area contributed by atoms with Crippen LogP contribution in [0, 0.1) is 0 Å². The largest absolute Gasteiger partial charge is 0.508 e. The van der Waals surface area contributed by atoms with Crippen molar-refractivity contribution in [1.82, 2.24) is 0 Å². The molecule has 0 radical (unpaired) electrons. The van der Waals surface area contributed by atoms with Crippen molar-refractivity contribution in [3.8, 4) is 16.9 Å². The van der Waals surface area contributed by atoms with E-state index in [1.807, 2.05) is 36.4 Å². The standard InChI is InChI=1S/C20H14Cl2O2/c21-17-9-14(12-23)10-18(22)20(17)15-6-7-19(24)16(11-15)8-13-4-2-1-3-5-13/h1-7,9-12,24H,8H2. The van der Waals surface area contributed by atoms with Crippen LogP contribution in [0.2, 0.25) is 10.0 Å². The summed E-state index contributed by atoms with van der Waals surface area (Å²) in [7, 11) is 0. The number of benzene rings is 3. The highest BCUT2D eigenvalue weighted by Gasteiger charge is 2.13. The molecule has 0 heterocycles. The fourth-order valence-electron chi connectivity index (χ4n) is 2.63. The number of phenols is 1. The third-order valence-electron chi connectivity index (χ3n) is 3.81. The third-order valence-corrected chi connectivity index (χ3v) is 4.40. The van der Waals surface area contributed by atoms with Crippen LogP contribution in [0.15, 0.2) is 60.7 Å². The van der Waals surface area contributed by atoms with Crippen LogP contribution in [0.3, 0.4) is 0 Å². The minimum Gasteiger partial charge on any atom is -0.508 e. The number of aldehydes is 1. The van der Waals surface area contributed by atoms with Crippen LogP contribution in [-0.2, 0) is 6.42 Å². The molecular formula is C20H14Cl2O2. The molecule has 3 aromatic carbocycles. The quantitative estimate of drug-likeness (QED) is 0.602. The van der Waals surface area contributed by atoms with Crippen molar-refractivity contribution in [2.75, 3.05) is 0 Å². The van der Waals surface area contributed by atoms with Gasteiger partial charge in [0.1, 0.15) is 12.0 Å². The SMILES string of the molecule is O=Cc1cc(Cl)c(-c2ccc(O)c(Cc3ccccc3)c2)c(Cl)c1. The number of phenolic OH excluding ortho intramolecular Hbond substituents is 1. The Morgan fingerprint density at radius 3 is 2.21 bits per heavy atom. The summed E-state index contributed by atoms with van der Waals surface area (Å²) in [5.41, 5.74) is 3.75. The van der Waals surface area contributed by atoms with Crippen LogP contribution >= 0.6 is 23.2 Å². The number of hydrogen-bond acceptors (Lipinski definition) is 2. The van der Waals surface area contributed by atoms with E-state index in [9.17, 15) is 9.90 Å². The summed E-state index contributed by atoms with van der Waals surface area (Å²) in [5, 5.41) is 11.0.